The van der Waals surface area contributed by atoms with Gasteiger partial charge in [0.15, 0.2) is 0 Å². The fourth-order valence-electron chi connectivity index (χ4n) is 2.67. The van der Waals surface area contributed by atoms with E-state index in [0.29, 0.717) is 5.69 Å². The zero-order valence-electron chi connectivity index (χ0n) is 11.0. The van der Waals surface area contributed by atoms with Gasteiger partial charge in [0, 0.05) is 10.6 Å². The number of fused-ring (bicyclic) bond motifs is 1. The molecule has 1 atom stereocenters. The Morgan fingerprint density at radius 1 is 1.19 bits per heavy atom. The Balaban J connectivity index is 1.87. The first-order valence-corrected chi connectivity index (χ1v) is 7.52. The minimum Gasteiger partial charge on any atom is -0.378 e. The number of hydrogen-bond acceptors (Lipinski definition) is 2. The molecular formula is C15H13F4NS. The van der Waals surface area contributed by atoms with Gasteiger partial charge in [-0.15, -0.1) is 11.3 Å². The molecule has 112 valence electrons. The zero-order valence-corrected chi connectivity index (χ0v) is 11.8. The second-order valence-electron chi connectivity index (χ2n) is 5.08. The number of alkyl halides is 3. The molecule has 0 amide bonds. The average Bonchev–Trinajstić information content (AvgIpc) is 2.89. The van der Waals surface area contributed by atoms with Gasteiger partial charge in [0.05, 0.1) is 11.6 Å². The van der Waals surface area contributed by atoms with Gasteiger partial charge in [0.2, 0.25) is 0 Å². The lowest BCUT2D eigenvalue weighted by Crippen LogP contribution is -2.16. The summed E-state index contributed by atoms with van der Waals surface area (Å²) < 4.78 is 51.5. The number of rotatable bonds is 2. The quantitative estimate of drug-likeness (QED) is 0.732. The summed E-state index contributed by atoms with van der Waals surface area (Å²) in [5.74, 6) is -1.24. The van der Waals surface area contributed by atoms with Gasteiger partial charge in [-0.25, -0.2) is 4.39 Å². The number of thiophene rings is 1. The van der Waals surface area contributed by atoms with E-state index in [1.165, 1.54) is 10.9 Å². The summed E-state index contributed by atoms with van der Waals surface area (Å²) >= 11 is 1.67. The van der Waals surface area contributed by atoms with Crippen LogP contribution in [0, 0.1) is 5.82 Å². The lowest BCUT2D eigenvalue weighted by Gasteiger charge is -2.25. The van der Waals surface area contributed by atoms with E-state index in [1.807, 2.05) is 11.4 Å². The summed E-state index contributed by atoms with van der Waals surface area (Å²) in [4.78, 5) is 1.27. The number of benzene rings is 1. The Morgan fingerprint density at radius 2 is 2.00 bits per heavy atom. The van der Waals surface area contributed by atoms with Crippen LogP contribution in [0.15, 0.2) is 29.6 Å². The standard InChI is InChI=1S/C15H13F4NS/c16-12-5-4-9(8-11(12)15(17,18)19)20-13-2-1-3-14-10(13)6-7-21-14/h4-8,13,20H,1-3H2. The molecule has 1 unspecified atom stereocenters. The molecule has 1 aromatic heterocycles. The van der Waals surface area contributed by atoms with Gasteiger partial charge >= 0.3 is 6.18 Å². The van der Waals surface area contributed by atoms with Crippen molar-refractivity contribution >= 4 is 17.0 Å². The first kappa shape index (κ1) is 14.4. The lowest BCUT2D eigenvalue weighted by atomic mass is 9.94. The van der Waals surface area contributed by atoms with Crippen molar-refractivity contribution in [2.45, 2.75) is 31.5 Å². The van der Waals surface area contributed by atoms with E-state index in [2.05, 4.69) is 5.32 Å². The maximum absolute atomic E-state index is 13.3. The van der Waals surface area contributed by atoms with E-state index in [0.717, 1.165) is 37.0 Å². The molecule has 1 nitrogen and oxygen atoms in total. The molecule has 1 heterocycles. The molecule has 6 heteroatoms. The van der Waals surface area contributed by atoms with E-state index in [-0.39, 0.29) is 6.04 Å². The molecule has 2 aromatic rings. The van der Waals surface area contributed by atoms with Gasteiger partial charge in [-0.3, -0.25) is 0 Å². The van der Waals surface area contributed by atoms with Gasteiger partial charge in [-0.2, -0.15) is 13.2 Å². The van der Waals surface area contributed by atoms with Crippen LogP contribution in [0.25, 0.3) is 0 Å². The third-order valence-electron chi connectivity index (χ3n) is 3.66. The molecule has 1 aliphatic rings. The van der Waals surface area contributed by atoms with E-state index >= 15 is 0 Å². The minimum atomic E-state index is -4.68. The predicted octanol–water partition coefficient (Wildman–Crippen LogP) is 5.40. The zero-order chi connectivity index (χ0) is 15.0. The molecule has 0 spiro atoms. The third kappa shape index (κ3) is 2.90. The van der Waals surface area contributed by atoms with Crippen molar-refractivity contribution in [2.24, 2.45) is 0 Å². The number of aryl methyl sites for hydroxylation is 1. The summed E-state index contributed by atoms with van der Waals surface area (Å²) in [7, 11) is 0. The van der Waals surface area contributed by atoms with Gasteiger partial charge in [0.1, 0.15) is 5.82 Å². The van der Waals surface area contributed by atoms with Crippen LogP contribution in [0.4, 0.5) is 23.2 Å². The second kappa shape index (κ2) is 5.33. The first-order valence-electron chi connectivity index (χ1n) is 6.64. The summed E-state index contributed by atoms with van der Waals surface area (Å²) in [5, 5.41) is 5.10. The smallest absolute Gasteiger partial charge is 0.378 e. The Hall–Kier alpha value is -1.56. The highest BCUT2D eigenvalue weighted by atomic mass is 32.1. The molecule has 0 saturated carbocycles. The Kier molecular flexibility index (Phi) is 3.65. The lowest BCUT2D eigenvalue weighted by molar-refractivity contribution is -0.139. The van der Waals surface area contributed by atoms with Crippen LogP contribution in [-0.2, 0) is 12.6 Å². The largest absolute Gasteiger partial charge is 0.419 e. The van der Waals surface area contributed by atoms with Crippen molar-refractivity contribution in [1.29, 1.82) is 0 Å². The van der Waals surface area contributed by atoms with Crippen molar-refractivity contribution in [2.75, 3.05) is 5.32 Å². The highest BCUT2D eigenvalue weighted by molar-refractivity contribution is 7.10. The van der Waals surface area contributed by atoms with Crippen LogP contribution >= 0.6 is 11.3 Å². The van der Waals surface area contributed by atoms with Crippen LogP contribution < -0.4 is 5.32 Å². The van der Waals surface area contributed by atoms with Gasteiger partial charge in [-0.1, -0.05) is 0 Å². The first-order chi connectivity index (χ1) is 9.95. The molecule has 1 aromatic carbocycles. The maximum atomic E-state index is 13.3. The summed E-state index contributed by atoms with van der Waals surface area (Å²) in [6.07, 6.45) is -1.80. The van der Waals surface area contributed by atoms with Gasteiger partial charge in [0.25, 0.3) is 0 Å². The normalized spacial score (nSPS) is 18.4. The molecular weight excluding hydrogens is 302 g/mol. The predicted molar refractivity (Wildman–Crippen MR) is 75.0 cm³/mol. The highest BCUT2D eigenvalue weighted by Gasteiger charge is 2.34. The van der Waals surface area contributed by atoms with Crippen molar-refractivity contribution < 1.29 is 17.6 Å². The number of hydrogen-bond donors (Lipinski definition) is 1. The van der Waals surface area contributed by atoms with E-state index < -0.39 is 17.6 Å². The average molecular weight is 315 g/mol. The molecule has 0 bridgehead atoms. The van der Waals surface area contributed by atoms with Crippen molar-refractivity contribution in [3.63, 3.8) is 0 Å². The topological polar surface area (TPSA) is 12.0 Å². The van der Waals surface area contributed by atoms with Gasteiger partial charge in [-0.05, 0) is 54.5 Å². The SMILES string of the molecule is Fc1ccc(NC2CCCc3sccc32)cc1C(F)(F)F. The molecule has 21 heavy (non-hydrogen) atoms. The fourth-order valence-corrected chi connectivity index (χ4v) is 3.66. The number of nitrogens with one attached hydrogen (secondary N) is 1. The van der Waals surface area contributed by atoms with E-state index in [1.54, 1.807) is 11.3 Å². The minimum absolute atomic E-state index is 0.00783. The Morgan fingerprint density at radius 3 is 2.76 bits per heavy atom. The summed E-state index contributed by atoms with van der Waals surface area (Å²) in [5.41, 5.74) is 0.214. The van der Waals surface area contributed by atoms with E-state index in [9.17, 15) is 17.6 Å². The maximum Gasteiger partial charge on any atom is 0.419 e. The van der Waals surface area contributed by atoms with Crippen LogP contribution in [-0.4, -0.2) is 0 Å². The third-order valence-corrected chi connectivity index (χ3v) is 4.66. The van der Waals surface area contributed by atoms with Crippen LogP contribution in [0.5, 0.6) is 0 Å². The molecule has 1 aliphatic carbocycles. The number of halogens is 4. The van der Waals surface area contributed by atoms with Crippen molar-refractivity contribution in [3.8, 4) is 0 Å². The van der Waals surface area contributed by atoms with Gasteiger partial charge < -0.3 is 5.32 Å². The Labute approximate surface area is 123 Å². The summed E-state index contributed by atoms with van der Waals surface area (Å²) in [6, 6.07) is 5.06. The monoisotopic (exact) mass is 315 g/mol. The second-order valence-corrected chi connectivity index (χ2v) is 6.08. The fraction of sp³-hybridized carbons (Fsp3) is 0.333. The van der Waals surface area contributed by atoms with Crippen molar-refractivity contribution in [3.05, 3.63) is 51.5 Å². The molecule has 0 fully saturated rings. The molecule has 3 rings (SSSR count). The van der Waals surface area contributed by atoms with Crippen LogP contribution in [0.2, 0.25) is 0 Å². The van der Waals surface area contributed by atoms with E-state index in [4.69, 9.17) is 0 Å². The molecule has 0 radical (unpaired) electrons. The Bertz CT molecular complexity index is 647. The summed E-state index contributed by atoms with van der Waals surface area (Å²) in [6.45, 7) is 0. The molecule has 0 saturated heterocycles. The van der Waals surface area contributed by atoms with Crippen LogP contribution in [0.3, 0.4) is 0 Å². The van der Waals surface area contributed by atoms with Crippen molar-refractivity contribution in [1.82, 2.24) is 0 Å². The molecule has 1 N–H and O–H groups in total. The highest BCUT2D eigenvalue weighted by Crippen LogP contribution is 2.37. The molecule has 0 aliphatic heterocycles. The van der Waals surface area contributed by atoms with Crippen LogP contribution in [0.1, 0.15) is 34.9 Å². The number of anilines is 1.